The Labute approximate surface area is 127 Å². The Balaban J connectivity index is 1.53. The van der Waals surface area contributed by atoms with Crippen molar-refractivity contribution < 1.29 is 4.74 Å². The molecule has 2 saturated heterocycles. The number of thioether (sulfide) groups is 1. The van der Waals surface area contributed by atoms with E-state index in [4.69, 9.17) is 4.74 Å². The standard InChI is InChI=1S/C15H20BrNOS/c16-13-3-1-12(2-4-13)10-17-14-5-7-18-15(9-14)6-8-19-11-15/h1-4,14,17H,5-11H2. The molecule has 2 fully saturated rings. The molecule has 1 spiro atoms. The van der Waals surface area contributed by atoms with E-state index in [1.165, 1.54) is 29.9 Å². The van der Waals surface area contributed by atoms with E-state index in [-0.39, 0.29) is 5.60 Å². The molecule has 0 radical (unpaired) electrons. The molecule has 0 bridgehead atoms. The van der Waals surface area contributed by atoms with Gasteiger partial charge in [0.15, 0.2) is 0 Å². The summed E-state index contributed by atoms with van der Waals surface area (Å²) in [5.41, 5.74) is 1.53. The lowest BCUT2D eigenvalue weighted by Gasteiger charge is -2.38. The van der Waals surface area contributed by atoms with Crippen molar-refractivity contribution in [2.24, 2.45) is 0 Å². The zero-order valence-corrected chi connectivity index (χ0v) is 13.4. The van der Waals surface area contributed by atoms with Crippen LogP contribution in [0.4, 0.5) is 0 Å². The van der Waals surface area contributed by atoms with E-state index in [2.05, 4.69) is 45.5 Å². The Morgan fingerprint density at radius 1 is 1.37 bits per heavy atom. The molecule has 19 heavy (non-hydrogen) atoms. The minimum Gasteiger partial charge on any atom is -0.374 e. The fourth-order valence-electron chi connectivity index (χ4n) is 2.93. The van der Waals surface area contributed by atoms with E-state index in [9.17, 15) is 0 Å². The number of ether oxygens (including phenoxy) is 1. The molecule has 0 aliphatic carbocycles. The summed E-state index contributed by atoms with van der Waals surface area (Å²) in [7, 11) is 0. The average molecular weight is 342 g/mol. The Hall–Kier alpha value is -0.0300. The Kier molecular flexibility index (Phi) is 4.52. The van der Waals surface area contributed by atoms with Crippen LogP contribution in [0.3, 0.4) is 0 Å². The second-order valence-electron chi connectivity index (χ2n) is 5.53. The average Bonchev–Trinajstić information content (AvgIpc) is 2.86. The SMILES string of the molecule is Brc1ccc(CNC2CCOC3(CCSC3)C2)cc1. The van der Waals surface area contributed by atoms with E-state index in [0.717, 1.165) is 24.0 Å². The maximum absolute atomic E-state index is 6.06. The van der Waals surface area contributed by atoms with E-state index in [1.807, 2.05) is 11.8 Å². The first kappa shape index (κ1) is 13.9. The third-order valence-electron chi connectivity index (χ3n) is 4.07. The van der Waals surface area contributed by atoms with Crippen molar-refractivity contribution in [1.29, 1.82) is 0 Å². The van der Waals surface area contributed by atoms with Crippen LogP contribution in [0.15, 0.2) is 28.7 Å². The highest BCUT2D eigenvalue weighted by Crippen LogP contribution is 2.38. The van der Waals surface area contributed by atoms with Gasteiger partial charge in [0, 0.05) is 29.4 Å². The summed E-state index contributed by atoms with van der Waals surface area (Å²) in [4.78, 5) is 0. The molecule has 2 heterocycles. The zero-order chi connectivity index (χ0) is 13.1. The van der Waals surface area contributed by atoms with Crippen LogP contribution in [0.1, 0.15) is 24.8 Å². The predicted octanol–water partition coefficient (Wildman–Crippen LogP) is 3.59. The van der Waals surface area contributed by atoms with E-state index < -0.39 is 0 Å². The second-order valence-corrected chi connectivity index (χ2v) is 7.55. The van der Waals surface area contributed by atoms with Gasteiger partial charge in [-0.05, 0) is 42.7 Å². The van der Waals surface area contributed by atoms with Gasteiger partial charge in [-0.3, -0.25) is 0 Å². The van der Waals surface area contributed by atoms with Crippen molar-refractivity contribution >= 4 is 27.7 Å². The number of nitrogens with one attached hydrogen (secondary N) is 1. The minimum atomic E-state index is 0.181. The summed E-state index contributed by atoms with van der Waals surface area (Å²) < 4.78 is 7.20. The molecule has 3 rings (SSSR count). The Morgan fingerprint density at radius 2 is 2.21 bits per heavy atom. The lowest BCUT2D eigenvalue weighted by atomic mass is 9.90. The van der Waals surface area contributed by atoms with Gasteiger partial charge in [0.1, 0.15) is 0 Å². The van der Waals surface area contributed by atoms with Gasteiger partial charge in [-0.25, -0.2) is 0 Å². The molecular weight excluding hydrogens is 322 g/mol. The van der Waals surface area contributed by atoms with Crippen molar-refractivity contribution in [3.05, 3.63) is 34.3 Å². The molecule has 4 heteroatoms. The Morgan fingerprint density at radius 3 is 2.95 bits per heavy atom. The Bertz CT molecular complexity index is 417. The van der Waals surface area contributed by atoms with Crippen molar-refractivity contribution in [2.45, 2.75) is 37.5 Å². The number of hydrogen-bond donors (Lipinski definition) is 1. The highest BCUT2D eigenvalue weighted by molar-refractivity contribution is 9.10. The van der Waals surface area contributed by atoms with E-state index in [1.54, 1.807) is 0 Å². The second kappa shape index (κ2) is 6.17. The maximum atomic E-state index is 6.06. The number of rotatable bonds is 3. The van der Waals surface area contributed by atoms with Crippen LogP contribution in [0.2, 0.25) is 0 Å². The van der Waals surface area contributed by atoms with Crippen LogP contribution in [0.5, 0.6) is 0 Å². The normalized spacial score (nSPS) is 30.9. The molecule has 2 aliphatic heterocycles. The predicted molar refractivity (Wildman–Crippen MR) is 84.6 cm³/mol. The number of halogens is 1. The quantitative estimate of drug-likeness (QED) is 0.907. The van der Waals surface area contributed by atoms with Crippen LogP contribution in [0.25, 0.3) is 0 Å². The first-order chi connectivity index (χ1) is 9.26. The summed E-state index contributed by atoms with van der Waals surface area (Å²) in [5, 5.41) is 3.70. The summed E-state index contributed by atoms with van der Waals surface area (Å²) in [6, 6.07) is 9.18. The monoisotopic (exact) mass is 341 g/mol. The molecule has 104 valence electrons. The molecule has 2 unspecified atom stereocenters. The highest BCUT2D eigenvalue weighted by atomic mass is 79.9. The zero-order valence-electron chi connectivity index (χ0n) is 11.0. The first-order valence-electron chi connectivity index (χ1n) is 6.95. The molecule has 2 atom stereocenters. The molecule has 0 saturated carbocycles. The number of hydrogen-bond acceptors (Lipinski definition) is 3. The third-order valence-corrected chi connectivity index (χ3v) is 5.82. The number of benzene rings is 1. The van der Waals surface area contributed by atoms with Gasteiger partial charge < -0.3 is 10.1 Å². The highest BCUT2D eigenvalue weighted by Gasteiger charge is 2.40. The lowest BCUT2D eigenvalue weighted by Crippen LogP contribution is -2.47. The lowest BCUT2D eigenvalue weighted by molar-refractivity contribution is -0.0703. The fourth-order valence-corrected chi connectivity index (χ4v) is 4.57. The van der Waals surface area contributed by atoms with E-state index >= 15 is 0 Å². The van der Waals surface area contributed by atoms with Crippen molar-refractivity contribution in [1.82, 2.24) is 5.32 Å². The van der Waals surface area contributed by atoms with E-state index in [0.29, 0.717) is 6.04 Å². The molecule has 1 aromatic rings. The third kappa shape index (κ3) is 3.54. The topological polar surface area (TPSA) is 21.3 Å². The van der Waals surface area contributed by atoms with Crippen LogP contribution in [0, 0.1) is 0 Å². The van der Waals surface area contributed by atoms with Crippen molar-refractivity contribution in [2.75, 3.05) is 18.1 Å². The minimum absolute atomic E-state index is 0.181. The van der Waals surface area contributed by atoms with Gasteiger partial charge >= 0.3 is 0 Å². The summed E-state index contributed by atoms with van der Waals surface area (Å²) in [6.07, 6.45) is 3.55. The molecule has 2 nitrogen and oxygen atoms in total. The fraction of sp³-hybridized carbons (Fsp3) is 0.600. The van der Waals surface area contributed by atoms with Crippen LogP contribution >= 0.6 is 27.7 Å². The van der Waals surface area contributed by atoms with Crippen LogP contribution in [-0.2, 0) is 11.3 Å². The maximum Gasteiger partial charge on any atom is 0.0795 e. The summed E-state index contributed by atoms with van der Waals surface area (Å²) >= 11 is 5.51. The van der Waals surface area contributed by atoms with Gasteiger partial charge in [0.05, 0.1) is 5.60 Å². The molecule has 2 aliphatic rings. The van der Waals surface area contributed by atoms with Gasteiger partial charge in [0.25, 0.3) is 0 Å². The van der Waals surface area contributed by atoms with Crippen molar-refractivity contribution in [3.63, 3.8) is 0 Å². The molecule has 0 aromatic heterocycles. The smallest absolute Gasteiger partial charge is 0.0795 e. The van der Waals surface area contributed by atoms with Gasteiger partial charge in [-0.1, -0.05) is 28.1 Å². The molecule has 1 N–H and O–H groups in total. The van der Waals surface area contributed by atoms with Crippen LogP contribution in [-0.4, -0.2) is 29.8 Å². The first-order valence-corrected chi connectivity index (χ1v) is 8.90. The van der Waals surface area contributed by atoms with Gasteiger partial charge in [0.2, 0.25) is 0 Å². The van der Waals surface area contributed by atoms with Gasteiger partial charge in [-0.15, -0.1) is 0 Å². The van der Waals surface area contributed by atoms with Gasteiger partial charge in [-0.2, -0.15) is 11.8 Å². The molecular formula is C15H20BrNOS. The molecule has 0 amide bonds. The summed E-state index contributed by atoms with van der Waals surface area (Å²) in [5.74, 6) is 2.45. The van der Waals surface area contributed by atoms with Crippen molar-refractivity contribution in [3.8, 4) is 0 Å². The summed E-state index contributed by atoms with van der Waals surface area (Å²) in [6.45, 7) is 1.87. The van der Waals surface area contributed by atoms with Crippen LogP contribution < -0.4 is 5.32 Å². The molecule has 1 aromatic carbocycles. The largest absolute Gasteiger partial charge is 0.374 e.